The Hall–Kier alpha value is -2.30. The number of amides is 1. The van der Waals surface area contributed by atoms with Crippen molar-refractivity contribution in [1.29, 1.82) is 0 Å². The molecule has 0 saturated carbocycles. The lowest BCUT2D eigenvalue weighted by molar-refractivity contribution is 0.0730. The predicted molar refractivity (Wildman–Crippen MR) is 96.5 cm³/mol. The van der Waals surface area contributed by atoms with Crippen molar-refractivity contribution in [2.75, 3.05) is 26.3 Å². The van der Waals surface area contributed by atoms with Crippen molar-refractivity contribution >= 4 is 15.9 Å². The maximum Gasteiger partial charge on any atom is 0.309 e. The van der Waals surface area contributed by atoms with Crippen LogP contribution >= 0.6 is 0 Å². The smallest absolute Gasteiger partial charge is 0.309 e. The number of hydrogen-bond donors (Lipinski definition) is 1. The first-order chi connectivity index (χ1) is 12.9. The number of aromatic nitrogens is 2. The van der Waals surface area contributed by atoms with Crippen molar-refractivity contribution in [3.8, 4) is 11.5 Å². The number of nitrogens with one attached hydrogen (secondary N) is 1. The van der Waals surface area contributed by atoms with Crippen LogP contribution in [0.3, 0.4) is 0 Å². The molecule has 146 valence electrons. The second kappa shape index (κ2) is 8.15. The number of rotatable bonds is 6. The lowest BCUT2D eigenvalue weighted by atomic mass is 10.2. The van der Waals surface area contributed by atoms with E-state index in [0.29, 0.717) is 31.9 Å². The van der Waals surface area contributed by atoms with Crippen molar-refractivity contribution in [2.24, 2.45) is 0 Å². The largest absolute Gasteiger partial charge is 0.412 e. The fourth-order valence-corrected chi connectivity index (χ4v) is 3.93. The van der Waals surface area contributed by atoms with Gasteiger partial charge < -0.3 is 14.5 Å². The number of hydrogen-bond acceptors (Lipinski definition) is 7. The van der Waals surface area contributed by atoms with E-state index in [0.717, 1.165) is 6.42 Å². The summed E-state index contributed by atoms with van der Waals surface area (Å²) in [6, 6.07) is 6.14. The number of nitrogens with zero attached hydrogens (tertiary/aromatic N) is 3. The van der Waals surface area contributed by atoms with Gasteiger partial charge >= 0.3 is 11.8 Å². The molecule has 0 spiro atoms. The molecule has 9 nitrogen and oxygen atoms in total. The minimum absolute atomic E-state index is 0.00229. The fourth-order valence-electron chi connectivity index (χ4n) is 2.52. The van der Waals surface area contributed by atoms with Gasteiger partial charge in [-0.25, -0.2) is 8.42 Å². The Morgan fingerprint density at radius 1 is 1.22 bits per heavy atom. The van der Waals surface area contributed by atoms with Crippen molar-refractivity contribution in [1.82, 2.24) is 19.8 Å². The van der Waals surface area contributed by atoms with Crippen LogP contribution < -0.4 is 5.32 Å². The van der Waals surface area contributed by atoms with Crippen LogP contribution in [0.25, 0.3) is 11.5 Å². The number of carbonyl (C=O) groups excluding carboxylic acids is 1. The first-order valence-corrected chi connectivity index (χ1v) is 10.2. The van der Waals surface area contributed by atoms with Gasteiger partial charge in [0.15, 0.2) is 0 Å². The van der Waals surface area contributed by atoms with Crippen LogP contribution in [-0.4, -0.2) is 61.2 Å². The molecular formula is C17H22N4O5S. The Balaban J connectivity index is 1.75. The van der Waals surface area contributed by atoms with Crippen molar-refractivity contribution in [2.45, 2.75) is 31.2 Å². The molecule has 1 fully saturated rings. The number of ether oxygens (including phenoxy) is 1. The first-order valence-electron chi connectivity index (χ1n) is 8.74. The molecule has 1 N–H and O–H groups in total. The molecule has 1 aliphatic heterocycles. The molecule has 0 aliphatic carbocycles. The van der Waals surface area contributed by atoms with Crippen LogP contribution in [0.4, 0.5) is 0 Å². The second-order valence-corrected chi connectivity index (χ2v) is 8.17. The summed E-state index contributed by atoms with van der Waals surface area (Å²) in [7, 11) is -3.56. The quantitative estimate of drug-likeness (QED) is 0.785. The van der Waals surface area contributed by atoms with Crippen LogP contribution in [0, 0.1) is 0 Å². The van der Waals surface area contributed by atoms with Gasteiger partial charge in [0, 0.05) is 24.7 Å². The molecule has 2 aromatic rings. The minimum atomic E-state index is -3.56. The van der Waals surface area contributed by atoms with Gasteiger partial charge in [-0.15, -0.1) is 10.2 Å². The summed E-state index contributed by atoms with van der Waals surface area (Å²) >= 11 is 0. The van der Waals surface area contributed by atoms with E-state index in [9.17, 15) is 13.2 Å². The highest BCUT2D eigenvalue weighted by Gasteiger charge is 2.26. The van der Waals surface area contributed by atoms with Crippen LogP contribution in [-0.2, 0) is 14.8 Å². The molecule has 1 atom stereocenters. The zero-order valence-electron chi connectivity index (χ0n) is 15.2. The van der Waals surface area contributed by atoms with E-state index >= 15 is 0 Å². The van der Waals surface area contributed by atoms with E-state index in [1.54, 1.807) is 12.1 Å². The van der Waals surface area contributed by atoms with Gasteiger partial charge in [-0.2, -0.15) is 4.31 Å². The summed E-state index contributed by atoms with van der Waals surface area (Å²) in [4.78, 5) is 12.2. The Kier molecular flexibility index (Phi) is 5.88. The van der Waals surface area contributed by atoms with Crippen molar-refractivity contribution < 1.29 is 22.4 Å². The van der Waals surface area contributed by atoms with E-state index in [-0.39, 0.29) is 22.7 Å². The topological polar surface area (TPSA) is 115 Å². The SMILES string of the molecule is CC[C@H](C)NC(=O)c1nnc(-c2ccc(S(=O)(=O)N3CCOCC3)cc2)o1. The van der Waals surface area contributed by atoms with E-state index in [2.05, 4.69) is 15.5 Å². The fraction of sp³-hybridized carbons (Fsp3) is 0.471. The average molecular weight is 394 g/mol. The van der Waals surface area contributed by atoms with Crippen LogP contribution in [0.1, 0.15) is 31.0 Å². The average Bonchev–Trinajstić information content (AvgIpc) is 3.19. The first kappa shape index (κ1) is 19.5. The lowest BCUT2D eigenvalue weighted by Crippen LogP contribution is -2.40. The zero-order chi connectivity index (χ0) is 19.4. The summed E-state index contributed by atoms with van der Waals surface area (Å²) in [5, 5.41) is 10.4. The molecule has 0 unspecified atom stereocenters. The van der Waals surface area contributed by atoms with Gasteiger partial charge in [0.25, 0.3) is 0 Å². The maximum atomic E-state index is 12.6. The van der Waals surface area contributed by atoms with Gasteiger partial charge in [-0.1, -0.05) is 6.92 Å². The number of benzene rings is 1. The van der Waals surface area contributed by atoms with E-state index in [1.807, 2.05) is 13.8 Å². The third-order valence-corrected chi connectivity index (χ3v) is 6.23. The van der Waals surface area contributed by atoms with Gasteiger partial charge in [-0.3, -0.25) is 4.79 Å². The highest BCUT2D eigenvalue weighted by atomic mass is 32.2. The van der Waals surface area contributed by atoms with Gasteiger partial charge in [0.05, 0.1) is 18.1 Å². The summed E-state index contributed by atoms with van der Waals surface area (Å²) in [5.41, 5.74) is 0.533. The molecule has 10 heteroatoms. The third-order valence-electron chi connectivity index (χ3n) is 4.32. The summed E-state index contributed by atoms with van der Waals surface area (Å²) < 4.78 is 37.3. The van der Waals surface area contributed by atoms with Gasteiger partial charge in [-0.05, 0) is 37.6 Å². The van der Waals surface area contributed by atoms with Gasteiger partial charge in [0.2, 0.25) is 15.9 Å². The molecule has 2 heterocycles. The van der Waals surface area contributed by atoms with Crippen molar-refractivity contribution in [3.05, 3.63) is 30.2 Å². The molecule has 3 rings (SSSR count). The summed E-state index contributed by atoms with van der Waals surface area (Å²) in [5.74, 6) is -0.412. The van der Waals surface area contributed by atoms with E-state index in [1.165, 1.54) is 16.4 Å². The third kappa shape index (κ3) is 4.34. The molecule has 27 heavy (non-hydrogen) atoms. The van der Waals surface area contributed by atoms with Crippen LogP contribution in [0.15, 0.2) is 33.6 Å². The maximum absolute atomic E-state index is 12.6. The normalized spacial score (nSPS) is 16.8. The van der Waals surface area contributed by atoms with E-state index < -0.39 is 15.9 Å². The number of carbonyl (C=O) groups is 1. The molecule has 1 aromatic heterocycles. The van der Waals surface area contributed by atoms with Crippen LogP contribution in [0.5, 0.6) is 0 Å². The molecule has 0 bridgehead atoms. The Labute approximate surface area is 157 Å². The zero-order valence-corrected chi connectivity index (χ0v) is 16.0. The standard InChI is InChI=1S/C17H22N4O5S/c1-3-12(2)18-15(22)17-20-19-16(26-17)13-4-6-14(7-5-13)27(23,24)21-8-10-25-11-9-21/h4-7,12H,3,8-11H2,1-2H3,(H,18,22)/t12-/m0/s1. The Bertz CT molecular complexity index is 888. The Morgan fingerprint density at radius 3 is 2.52 bits per heavy atom. The summed E-state index contributed by atoms with van der Waals surface area (Å²) in [6.07, 6.45) is 0.784. The summed E-state index contributed by atoms with van der Waals surface area (Å²) in [6.45, 7) is 5.28. The van der Waals surface area contributed by atoms with Crippen LogP contribution in [0.2, 0.25) is 0 Å². The van der Waals surface area contributed by atoms with Gasteiger partial charge in [0.1, 0.15) is 0 Å². The molecule has 1 aliphatic rings. The minimum Gasteiger partial charge on any atom is -0.412 e. The van der Waals surface area contributed by atoms with E-state index in [4.69, 9.17) is 9.15 Å². The number of morpholine rings is 1. The second-order valence-electron chi connectivity index (χ2n) is 6.24. The monoisotopic (exact) mass is 394 g/mol. The molecule has 1 amide bonds. The predicted octanol–water partition coefficient (Wildman–Crippen LogP) is 1.29. The highest BCUT2D eigenvalue weighted by Crippen LogP contribution is 2.22. The molecular weight excluding hydrogens is 372 g/mol. The molecule has 1 aromatic carbocycles. The number of sulfonamides is 1. The highest BCUT2D eigenvalue weighted by molar-refractivity contribution is 7.89. The van der Waals surface area contributed by atoms with Crippen molar-refractivity contribution in [3.63, 3.8) is 0 Å². The lowest BCUT2D eigenvalue weighted by Gasteiger charge is -2.26. The molecule has 1 saturated heterocycles. The Morgan fingerprint density at radius 2 is 1.89 bits per heavy atom. The molecule has 0 radical (unpaired) electrons.